The monoisotopic (exact) mass is 419 g/mol. The van der Waals surface area contributed by atoms with Gasteiger partial charge in [0.05, 0.1) is 6.07 Å². The molecule has 0 aliphatic carbocycles. The van der Waals surface area contributed by atoms with Gasteiger partial charge in [-0.2, -0.15) is 5.26 Å². The summed E-state index contributed by atoms with van der Waals surface area (Å²) < 4.78 is 5.58. The van der Waals surface area contributed by atoms with Crippen LogP contribution in [0, 0.1) is 23.7 Å². The minimum atomic E-state index is -0.619. The summed E-state index contributed by atoms with van der Waals surface area (Å²) in [5.74, 6) is -0.249. The molecule has 2 atom stereocenters. The van der Waals surface area contributed by atoms with E-state index < -0.39 is 12.1 Å². The van der Waals surface area contributed by atoms with Gasteiger partial charge in [-0.25, -0.2) is 0 Å². The molecule has 1 heterocycles. The second-order valence-corrected chi connectivity index (χ2v) is 7.65. The molecular formula is C24H29N5O2. The molecule has 0 radical (unpaired) electrons. The molecule has 0 spiro atoms. The molecule has 1 aliphatic heterocycles. The van der Waals surface area contributed by atoms with Crippen molar-refractivity contribution in [3.63, 3.8) is 0 Å². The van der Waals surface area contributed by atoms with E-state index in [0.29, 0.717) is 19.6 Å². The van der Waals surface area contributed by atoms with Crippen molar-refractivity contribution in [1.29, 1.82) is 10.7 Å². The predicted octanol–water partition coefficient (Wildman–Crippen LogP) is 2.63. The van der Waals surface area contributed by atoms with Crippen LogP contribution >= 0.6 is 0 Å². The van der Waals surface area contributed by atoms with E-state index in [9.17, 15) is 10.1 Å². The Morgan fingerprint density at radius 3 is 2.84 bits per heavy atom. The van der Waals surface area contributed by atoms with E-state index in [0.717, 1.165) is 46.5 Å². The maximum absolute atomic E-state index is 12.5. The van der Waals surface area contributed by atoms with Crippen LogP contribution in [0.3, 0.4) is 0 Å². The highest BCUT2D eigenvalue weighted by atomic mass is 16.5. The number of hydrogen-bond donors (Lipinski definition) is 4. The number of anilines is 1. The van der Waals surface area contributed by atoms with Gasteiger partial charge >= 0.3 is 0 Å². The number of hydrogen-bond acceptors (Lipinski definition) is 6. The number of nitriles is 1. The standard InChI is InChI=1S/C24H29N5O2/c1-16-10-18(19-6-7-20(13-25)22(12-19)27-2)5-4-17(16)11-21(14-26)29-24(30)23-15-28-8-3-9-31-23/h4-7,10,12-13,21,23,25,27-28H,3,8-9,11,15H2,1-2H3,(H,29,30)/t21-,23+/m1/s1. The fourth-order valence-corrected chi connectivity index (χ4v) is 3.68. The summed E-state index contributed by atoms with van der Waals surface area (Å²) in [6.07, 6.45) is 2.07. The van der Waals surface area contributed by atoms with E-state index in [4.69, 9.17) is 10.1 Å². The topological polar surface area (TPSA) is 110 Å². The van der Waals surface area contributed by atoms with Gasteiger partial charge in [0, 0.05) is 44.1 Å². The zero-order valence-electron chi connectivity index (χ0n) is 18.0. The number of amides is 1. The van der Waals surface area contributed by atoms with Gasteiger partial charge in [-0.1, -0.05) is 30.3 Å². The van der Waals surface area contributed by atoms with E-state index in [2.05, 4.69) is 28.1 Å². The predicted molar refractivity (Wildman–Crippen MR) is 123 cm³/mol. The van der Waals surface area contributed by atoms with E-state index in [-0.39, 0.29) is 5.91 Å². The molecule has 162 valence electrons. The van der Waals surface area contributed by atoms with Gasteiger partial charge in [0.1, 0.15) is 12.1 Å². The van der Waals surface area contributed by atoms with Gasteiger partial charge in [-0.05, 0) is 48.2 Å². The zero-order chi connectivity index (χ0) is 22.2. The first-order valence-electron chi connectivity index (χ1n) is 10.5. The molecule has 0 bridgehead atoms. The van der Waals surface area contributed by atoms with E-state index in [1.807, 2.05) is 44.3 Å². The third-order valence-electron chi connectivity index (χ3n) is 5.49. The van der Waals surface area contributed by atoms with Crippen LogP contribution in [0.2, 0.25) is 0 Å². The van der Waals surface area contributed by atoms with Crippen molar-refractivity contribution in [1.82, 2.24) is 10.6 Å². The Bertz CT molecular complexity index is 974. The highest BCUT2D eigenvalue weighted by molar-refractivity contribution is 5.88. The molecule has 7 nitrogen and oxygen atoms in total. The van der Waals surface area contributed by atoms with Crippen LogP contribution in [0.5, 0.6) is 0 Å². The summed E-state index contributed by atoms with van der Waals surface area (Å²) in [6.45, 7) is 3.84. The zero-order valence-corrected chi connectivity index (χ0v) is 18.0. The van der Waals surface area contributed by atoms with Gasteiger partial charge < -0.3 is 26.1 Å². The maximum atomic E-state index is 12.5. The molecule has 31 heavy (non-hydrogen) atoms. The third-order valence-corrected chi connectivity index (χ3v) is 5.49. The molecule has 1 amide bonds. The molecule has 7 heteroatoms. The van der Waals surface area contributed by atoms with Gasteiger partial charge in [0.2, 0.25) is 0 Å². The average Bonchev–Trinajstić information content (AvgIpc) is 3.09. The first-order chi connectivity index (χ1) is 15.0. The van der Waals surface area contributed by atoms with Crippen LogP contribution in [0.1, 0.15) is 23.1 Å². The molecule has 0 saturated carbocycles. The largest absolute Gasteiger partial charge is 0.388 e. The molecule has 1 aliphatic rings. The molecule has 4 N–H and O–H groups in total. The molecule has 1 saturated heterocycles. The second kappa shape index (κ2) is 10.7. The van der Waals surface area contributed by atoms with Crippen molar-refractivity contribution in [3.05, 3.63) is 53.1 Å². The van der Waals surface area contributed by atoms with Crippen LogP contribution in [0.25, 0.3) is 11.1 Å². The molecule has 1 fully saturated rings. The highest BCUT2D eigenvalue weighted by Gasteiger charge is 2.23. The Morgan fingerprint density at radius 2 is 2.13 bits per heavy atom. The van der Waals surface area contributed by atoms with E-state index in [1.165, 1.54) is 6.21 Å². The fraction of sp³-hybridized carbons (Fsp3) is 0.375. The van der Waals surface area contributed by atoms with Crippen LogP contribution in [0.4, 0.5) is 5.69 Å². The molecule has 0 unspecified atom stereocenters. The number of ether oxygens (including phenoxy) is 1. The van der Waals surface area contributed by atoms with Gasteiger partial charge in [0.15, 0.2) is 0 Å². The lowest BCUT2D eigenvalue weighted by atomic mass is 9.95. The van der Waals surface area contributed by atoms with E-state index in [1.54, 1.807) is 0 Å². The van der Waals surface area contributed by atoms with Gasteiger partial charge in [0.25, 0.3) is 5.91 Å². The summed E-state index contributed by atoms with van der Waals surface area (Å²) in [4.78, 5) is 12.5. The summed E-state index contributed by atoms with van der Waals surface area (Å²) >= 11 is 0. The van der Waals surface area contributed by atoms with E-state index >= 15 is 0 Å². The van der Waals surface area contributed by atoms with Crippen LogP contribution in [-0.2, 0) is 16.0 Å². The minimum Gasteiger partial charge on any atom is -0.388 e. The molecule has 2 aromatic rings. The summed E-state index contributed by atoms with van der Waals surface area (Å²) in [6, 6.07) is 13.6. The number of rotatable bonds is 7. The van der Waals surface area contributed by atoms with Crippen molar-refractivity contribution in [3.8, 4) is 17.2 Å². The summed E-state index contributed by atoms with van der Waals surface area (Å²) in [5.41, 5.74) is 5.91. The quantitative estimate of drug-likeness (QED) is 0.516. The second-order valence-electron chi connectivity index (χ2n) is 7.65. The first-order valence-corrected chi connectivity index (χ1v) is 10.5. The molecule has 0 aromatic heterocycles. The number of carbonyl (C=O) groups is 1. The van der Waals surface area contributed by atoms with Crippen molar-refractivity contribution in [2.24, 2.45) is 0 Å². The van der Waals surface area contributed by atoms with Crippen molar-refractivity contribution in [2.45, 2.75) is 31.9 Å². The number of aryl methyl sites for hydroxylation is 1. The normalized spacial score (nSPS) is 17.1. The number of benzene rings is 2. The molecule has 2 aromatic carbocycles. The number of nitrogens with one attached hydrogen (secondary N) is 4. The fourth-order valence-electron chi connectivity index (χ4n) is 3.68. The SMILES string of the molecule is CNc1cc(-c2ccc(C[C@H](C#N)NC(=O)[C@@H]3CNCCCO3)c(C)c2)ccc1C=N. The van der Waals surface area contributed by atoms with Crippen LogP contribution < -0.4 is 16.0 Å². The van der Waals surface area contributed by atoms with Crippen molar-refractivity contribution < 1.29 is 9.53 Å². The molecule has 3 rings (SSSR count). The highest BCUT2D eigenvalue weighted by Crippen LogP contribution is 2.27. The summed E-state index contributed by atoms with van der Waals surface area (Å²) in [5, 5.41) is 26.2. The Balaban J connectivity index is 1.71. The Hall–Kier alpha value is -3.21. The smallest absolute Gasteiger partial charge is 0.251 e. The van der Waals surface area contributed by atoms with Gasteiger partial charge in [-0.15, -0.1) is 0 Å². The van der Waals surface area contributed by atoms with Crippen molar-refractivity contribution >= 4 is 17.8 Å². The molecular weight excluding hydrogens is 390 g/mol. The van der Waals surface area contributed by atoms with Crippen LogP contribution in [-0.4, -0.2) is 51.0 Å². The lowest BCUT2D eigenvalue weighted by molar-refractivity contribution is -0.132. The van der Waals surface area contributed by atoms with Crippen molar-refractivity contribution in [2.75, 3.05) is 32.1 Å². The third kappa shape index (κ3) is 5.69. The average molecular weight is 420 g/mol. The Kier molecular flexibility index (Phi) is 7.76. The van der Waals surface area contributed by atoms with Gasteiger partial charge in [-0.3, -0.25) is 4.79 Å². The summed E-state index contributed by atoms with van der Waals surface area (Å²) in [7, 11) is 1.84. The maximum Gasteiger partial charge on any atom is 0.251 e. The Labute approximate surface area is 183 Å². The van der Waals surface area contributed by atoms with Crippen LogP contribution in [0.15, 0.2) is 36.4 Å². The first kappa shape index (κ1) is 22.5. The lowest BCUT2D eigenvalue weighted by Gasteiger charge is -2.19. The number of nitrogens with zero attached hydrogens (tertiary/aromatic N) is 1. The minimum absolute atomic E-state index is 0.249. The Morgan fingerprint density at radius 1 is 1.35 bits per heavy atom. The lowest BCUT2D eigenvalue weighted by Crippen LogP contribution is -2.46. The number of carbonyl (C=O) groups excluding carboxylic acids is 1.